The summed E-state index contributed by atoms with van der Waals surface area (Å²) >= 11 is 0. The first-order valence-corrected chi connectivity index (χ1v) is 8.55. The van der Waals surface area contributed by atoms with Gasteiger partial charge in [-0.1, -0.05) is 12.1 Å². The van der Waals surface area contributed by atoms with E-state index in [1.54, 1.807) is 29.2 Å². The van der Waals surface area contributed by atoms with Crippen LogP contribution in [0.4, 0.5) is 10.5 Å². The van der Waals surface area contributed by atoms with Crippen LogP contribution in [-0.4, -0.2) is 62.2 Å². The summed E-state index contributed by atoms with van der Waals surface area (Å²) in [6, 6.07) is 7.30. The Bertz CT molecular complexity index is 740. The zero-order valence-electron chi connectivity index (χ0n) is 14.5. The second kappa shape index (κ2) is 7.96. The topological polar surface area (TPSA) is 112 Å². The molecule has 0 atom stereocenters. The third kappa shape index (κ3) is 4.37. The SMILES string of the molecule is CCN(CC(=O)O)C1CC(NC(=O)Nc2ccc(-n3ccnn3)cc2)C1. The summed E-state index contributed by atoms with van der Waals surface area (Å²) in [7, 11) is 0. The number of aliphatic carboxylic acids is 1. The van der Waals surface area contributed by atoms with Crippen molar-refractivity contribution in [1.29, 1.82) is 0 Å². The van der Waals surface area contributed by atoms with Crippen molar-refractivity contribution in [1.82, 2.24) is 25.2 Å². The lowest BCUT2D eigenvalue weighted by Gasteiger charge is -2.42. The van der Waals surface area contributed by atoms with Gasteiger partial charge in [0.1, 0.15) is 0 Å². The fourth-order valence-corrected chi connectivity index (χ4v) is 3.07. The fourth-order valence-electron chi connectivity index (χ4n) is 3.07. The van der Waals surface area contributed by atoms with Gasteiger partial charge >= 0.3 is 12.0 Å². The van der Waals surface area contributed by atoms with Gasteiger partial charge in [0.25, 0.3) is 0 Å². The fraction of sp³-hybridized carbons (Fsp3) is 0.412. The first kappa shape index (κ1) is 17.9. The van der Waals surface area contributed by atoms with Crippen molar-refractivity contribution >= 4 is 17.7 Å². The van der Waals surface area contributed by atoms with E-state index in [4.69, 9.17) is 5.11 Å². The van der Waals surface area contributed by atoms with Crippen molar-refractivity contribution in [2.75, 3.05) is 18.4 Å². The van der Waals surface area contributed by atoms with E-state index < -0.39 is 5.97 Å². The summed E-state index contributed by atoms with van der Waals surface area (Å²) in [5.41, 5.74) is 1.54. The van der Waals surface area contributed by atoms with Crippen LogP contribution in [0.15, 0.2) is 36.7 Å². The highest BCUT2D eigenvalue weighted by atomic mass is 16.4. The molecule has 1 aliphatic rings. The first-order valence-electron chi connectivity index (χ1n) is 8.55. The molecule has 3 N–H and O–H groups in total. The van der Waals surface area contributed by atoms with E-state index in [2.05, 4.69) is 20.9 Å². The monoisotopic (exact) mass is 358 g/mol. The molecule has 1 saturated carbocycles. The van der Waals surface area contributed by atoms with Crippen LogP contribution >= 0.6 is 0 Å². The van der Waals surface area contributed by atoms with Crippen molar-refractivity contribution in [2.45, 2.75) is 31.8 Å². The highest BCUT2D eigenvalue weighted by molar-refractivity contribution is 5.89. The molecule has 138 valence electrons. The van der Waals surface area contributed by atoms with Crippen LogP contribution in [0.25, 0.3) is 5.69 Å². The maximum Gasteiger partial charge on any atom is 0.319 e. The molecule has 2 aromatic rings. The molecule has 1 fully saturated rings. The third-order valence-electron chi connectivity index (χ3n) is 4.52. The maximum absolute atomic E-state index is 12.1. The Morgan fingerprint density at radius 1 is 1.31 bits per heavy atom. The number of likely N-dealkylation sites (N-methyl/N-ethyl adjacent to an activating group) is 1. The van der Waals surface area contributed by atoms with Gasteiger partial charge in [0, 0.05) is 17.8 Å². The van der Waals surface area contributed by atoms with Gasteiger partial charge in [0.15, 0.2) is 0 Å². The number of benzene rings is 1. The Kier molecular flexibility index (Phi) is 5.47. The Hall–Kier alpha value is -2.94. The van der Waals surface area contributed by atoms with Crippen LogP contribution in [0.2, 0.25) is 0 Å². The molecule has 1 aromatic heterocycles. The minimum absolute atomic E-state index is 0.0399. The molecule has 9 nitrogen and oxygen atoms in total. The highest BCUT2D eigenvalue weighted by Crippen LogP contribution is 2.25. The number of carbonyl (C=O) groups excluding carboxylic acids is 1. The van der Waals surface area contributed by atoms with Crippen LogP contribution in [0.5, 0.6) is 0 Å². The molecule has 1 heterocycles. The van der Waals surface area contributed by atoms with Crippen LogP contribution in [0.1, 0.15) is 19.8 Å². The van der Waals surface area contributed by atoms with E-state index in [9.17, 15) is 9.59 Å². The molecular weight excluding hydrogens is 336 g/mol. The number of anilines is 1. The summed E-state index contributed by atoms with van der Waals surface area (Å²) in [6.07, 6.45) is 4.87. The number of rotatable bonds is 7. The van der Waals surface area contributed by atoms with Gasteiger partial charge in [0.2, 0.25) is 0 Å². The molecular formula is C17H22N6O3. The summed E-state index contributed by atoms with van der Waals surface area (Å²) in [6.45, 7) is 2.67. The second-order valence-electron chi connectivity index (χ2n) is 6.27. The Labute approximate surface area is 151 Å². The molecule has 9 heteroatoms. The zero-order valence-corrected chi connectivity index (χ0v) is 14.5. The van der Waals surface area contributed by atoms with Crippen molar-refractivity contribution < 1.29 is 14.7 Å². The number of carboxylic acid groups (broad SMARTS) is 1. The smallest absolute Gasteiger partial charge is 0.319 e. The average molecular weight is 358 g/mol. The van der Waals surface area contributed by atoms with E-state index in [0.29, 0.717) is 12.2 Å². The quantitative estimate of drug-likeness (QED) is 0.688. The van der Waals surface area contributed by atoms with E-state index >= 15 is 0 Å². The number of aromatic nitrogens is 3. The zero-order chi connectivity index (χ0) is 18.5. The van der Waals surface area contributed by atoms with Gasteiger partial charge < -0.3 is 15.7 Å². The van der Waals surface area contributed by atoms with E-state index in [1.165, 1.54) is 0 Å². The molecule has 0 aliphatic heterocycles. The highest BCUT2D eigenvalue weighted by Gasteiger charge is 2.34. The van der Waals surface area contributed by atoms with Crippen LogP contribution in [0, 0.1) is 0 Å². The Balaban J connectivity index is 1.44. The van der Waals surface area contributed by atoms with E-state index in [1.807, 2.05) is 24.0 Å². The summed E-state index contributed by atoms with van der Waals surface area (Å²) in [4.78, 5) is 24.9. The molecule has 3 rings (SSSR count). The van der Waals surface area contributed by atoms with E-state index in [-0.39, 0.29) is 24.7 Å². The summed E-state index contributed by atoms with van der Waals surface area (Å²) in [5, 5.41) is 22.3. The standard InChI is InChI=1S/C17H22N6O3/c1-2-22(11-16(24)25)15-9-13(10-15)20-17(26)19-12-3-5-14(6-4-12)23-8-7-18-21-23/h3-8,13,15H,2,9-11H2,1H3,(H,24,25)(H2,19,20,26). The first-order chi connectivity index (χ1) is 12.5. The van der Waals surface area contributed by atoms with Gasteiger partial charge in [-0.15, -0.1) is 5.10 Å². The normalized spacial score (nSPS) is 19.0. The third-order valence-corrected chi connectivity index (χ3v) is 4.52. The number of amides is 2. The lowest BCUT2D eigenvalue weighted by molar-refractivity contribution is -0.139. The van der Waals surface area contributed by atoms with Crippen molar-refractivity contribution in [2.24, 2.45) is 0 Å². The molecule has 0 bridgehead atoms. The van der Waals surface area contributed by atoms with Crippen molar-refractivity contribution in [3.63, 3.8) is 0 Å². The number of carbonyl (C=O) groups is 2. The minimum Gasteiger partial charge on any atom is -0.480 e. The van der Waals surface area contributed by atoms with E-state index in [0.717, 1.165) is 18.5 Å². The lowest BCUT2D eigenvalue weighted by atomic mass is 9.85. The molecule has 0 spiro atoms. The number of nitrogens with one attached hydrogen (secondary N) is 2. The van der Waals surface area contributed by atoms with Crippen LogP contribution < -0.4 is 10.6 Å². The second-order valence-corrected chi connectivity index (χ2v) is 6.27. The molecule has 0 unspecified atom stereocenters. The summed E-state index contributed by atoms with van der Waals surface area (Å²) in [5.74, 6) is -0.824. The Morgan fingerprint density at radius 2 is 2.04 bits per heavy atom. The number of hydrogen-bond acceptors (Lipinski definition) is 5. The lowest BCUT2D eigenvalue weighted by Crippen LogP contribution is -2.55. The largest absolute Gasteiger partial charge is 0.480 e. The molecule has 0 saturated heterocycles. The van der Waals surface area contributed by atoms with Crippen molar-refractivity contribution in [3.8, 4) is 5.69 Å². The Morgan fingerprint density at radius 3 is 2.62 bits per heavy atom. The summed E-state index contributed by atoms with van der Waals surface area (Å²) < 4.78 is 1.63. The predicted molar refractivity (Wildman–Crippen MR) is 95.2 cm³/mol. The number of urea groups is 1. The van der Waals surface area contributed by atoms with Gasteiger partial charge in [-0.2, -0.15) is 0 Å². The average Bonchev–Trinajstić information content (AvgIpc) is 3.11. The molecule has 1 aliphatic carbocycles. The van der Waals surface area contributed by atoms with Crippen LogP contribution in [0.3, 0.4) is 0 Å². The molecule has 1 aromatic carbocycles. The number of hydrogen-bond donors (Lipinski definition) is 3. The number of nitrogens with zero attached hydrogens (tertiary/aromatic N) is 4. The molecule has 2 amide bonds. The van der Waals surface area contributed by atoms with Gasteiger partial charge in [-0.05, 0) is 43.7 Å². The minimum atomic E-state index is -0.824. The maximum atomic E-state index is 12.1. The van der Waals surface area contributed by atoms with Gasteiger partial charge in [-0.3, -0.25) is 9.69 Å². The van der Waals surface area contributed by atoms with Gasteiger partial charge in [-0.25, -0.2) is 9.48 Å². The predicted octanol–water partition coefficient (Wildman–Crippen LogP) is 1.33. The van der Waals surface area contributed by atoms with Crippen molar-refractivity contribution in [3.05, 3.63) is 36.7 Å². The number of carboxylic acids is 1. The van der Waals surface area contributed by atoms with Gasteiger partial charge in [0.05, 0.1) is 24.6 Å². The molecule has 26 heavy (non-hydrogen) atoms. The molecule has 0 radical (unpaired) electrons. The van der Waals surface area contributed by atoms with Crippen LogP contribution in [-0.2, 0) is 4.79 Å².